The van der Waals surface area contributed by atoms with E-state index in [9.17, 15) is 32.7 Å². The number of pyridine rings is 1. The predicted molar refractivity (Wildman–Crippen MR) is 168 cm³/mol. The number of hydrogen-bond donors (Lipinski definition) is 2. The first-order chi connectivity index (χ1) is 23.4. The van der Waals surface area contributed by atoms with E-state index in [0.29, 0.717) is 31.2 Å². The first-order valence-electron chi connectivity index (χ1n) is 15.4. The van der Waals surface area contributed by atoms with Crippen LogP contribution in [0.3, 0.4) is 0 Å². The summed E-state index contributed by atoms with van der Waals surface area (Å²) in [7, 11) is 0. The number of ether oxygens (including phenoxy) is 2. The minimum Gasteiger partial charge on any atom is -0.505 e. The van der Waals surface area contributed by atoms with Crippen LogP contribution >= 0.6 is 11.6 Å². The van der Waals surface area contributed by atoms with E-state index in [4.69, 9.17) is 21.1 Å². The smallest absolute Gasteiger partial charge is 0.416 e. The fourth-order valence-electron chi connectivity index (χ4n) is 6.71. The molecule has 1 aromatic carbocycles. The van der Waals surface area contributed by atoms with Crippen LogP contribution in [-0.4, -0.2) is 71.8 Å². The third-order valence-electron chi connectivity index (χ3n) is 9.08. The number of likely N-dealkylation sites (tertiary alicyclic amines) is 1. The van der Waals surface area contributed by atoms with Crippen LogP contribution in [0.15, 0.2) is 47.4 Å². The Balaban J connectivity index is 1.26. The zero-order valence-corrected chi connectivity index (χ0v) is 26.7. The third-order valence-corrected chi connectivity index (χ3v) is 9.39. The van der Waals surface area contributed by atoms with Gasteiger partial charge in [-0.25, -0.2) is 4.98 Å². The van der Waals surface area contributed by atoms with Gasteiger partial charge < -0.3 is 29.4 Å². The summed E-state index contributed by atoms with van der Waals surface area (Å²) in [6.45, 7) is 2.32. The van der Waals surface area contributed by atoms with Gasteiger partial charge >= 0.3 is 6.18 Å². The standard InChI is InChI=1S/C32H29ClF3N7O6/c1-17-14-31(8-10-41(17)29(47)26-23(44)3-2-9-37-26)25-22(16-49-31)42(15-24(45)38-21-5-4-19(13-20(21)33)32(34,35)36)30-39-27(40-43(30)28(25)46)18-6-11-48-12-7-18/h2-6,9,13,17,44H,7-8,10-12,14-16H2,1H3,(H,38,45)/t17-,31+/m0/s1. The molecule has 2 N–H and O–H groups in total. The normalized spacial score (nSPS) is 20.8. The molecule has 49 heavy (non-hydrogen) atoms. The Bertz CT molecular complexity index is 2100. The molecule has 0 bridgehead atoms. The van der Waals surface area contributed by atoms with E-state index in [1.54, 1.807) is 4.90 Å². The molecule has 3 aromatic heterocycles. The van der Waals surface area contributed by atoms with Crippen LogP contribution in [0.5, 0.6) is 5.75 Å². The zero-order valence-electron chi connectivity index (χ0n) is 26.0. The molecule has 17 heteroatoms. The van der Waals surface area contributed by atoms with Crippen molar-refractivity contribution in [3.05, 3.63) is 86.3 Å². The molecule has 0 radical (unpaired) electrons. The van der Waals surface area contributed by atoms with Gasteiger partial charge in [-0.15, -0.1) is 5.10 Å². The van der Waals surface area contributed by atoms with Crippen LogP contribution in [0.25, 0.3) is 11.4 Å². The van der Waals surface area contributed by atoms with Crippen molar-refractivity contribution in [3.63, 3.8) is 0 Å². The molecule has 0 saturated carbocycles. The monoisotopic (exact) mass is 699 g/mol. The fourth-order valence-corrected chi connectivity index (χ4v) is 6.94. The fraction of sp³-hybridized carbons (Fsp3) is 0.375. The number of alkyl halides is 3. The van der Waals surface area contributed by atoms with Gasteiger partial charge in [0.15, 0.2) is 11.5 Å². The van der Waals surface area contributed by atoms with Gasteiger partial charge in [0.2, 0.25) is 11.7 Å². The van der Waals surface area contributed by atoms with E-state index in [-0.39, 0.29) is 59.5 Å². The number of amides is 2. The van der Waals surface area contributed by atoms with Crippen LogP contribution in [0.1, 0.15) is 59.3 Å². The minimum absolute atomic E-state index is 0.0274. The second kappa shape index (κ2) is 12.3. The average molecular weight is 700 g/mol. The summed E-state index contributed by atoms with van der Waals surface area (Å²) < 4.78 is 54.0. The topological polar surface area (TPSA) is 153 Å². The highest BCUT2D eigenvalue weighted by atomic mass is 35.5. The zero-order chi connectivity index (χ0) is 34.7. The Morgan fingerprint density at radius 1 is 1.24 bits per heavy atom. The van der Waals surface area contributed by atoms with Gasteiger partial charge in [-0.2, -0.15) is 22.7 Å². The molecule has 0 unspecified atom stereocenters. The molecule has 0 aliphatic carbocycles. The lowest BCUT2D eigenvalue weighted by atomic mass is 9.82. The Hall–Kier alpha value is -4.80. The molecule has 1 saturated heterocycles. The lowest BCUT2D eigenvalue weighted by Crippen LogP contribution is -2.51. The van der Waals surface area contributed by atoms with Crippen LogP contribution in [-0.2, 0) is 39.2 Å². The van der Waals surface area contributed by atoms with E-state index in [0.717, 1.165) is 28.3 Å². The third kappa shape index (κ3) is 5.82. The molecular formula is C32H29ClF3N7O6. The number of fused-ring (bicyclic) bond motifs is 3. The molecule has 7 rings (SSSR count). The summed E-state index contributed by atoms with van der Waals surface area (Å²) in [5, 5.41) is 17.0. The number of carbonyl (C=O) groups is 2. The number of piperidine rings is 1. The number of aromatic hydroxyl groups is 1. The molecule has 1 spiro atoms. The summed E-state index contributed by atoms with van der Waals surface area (Å²) in [6, 6.07) is 5.06. The maximum Gasteiger partial charge on any atom is 0.416 e. The lowest BCUT2D eigenvalue weighted by Gasteiger charge is -2.43. The number of anilines is 1. The van der Waals surface area contributed by atoms with E-state index in [1.807, 2.05) is 13.0 Å². The van der Waals surface area contributed by atoms with Crippen LogP contribution in [0, 0.1) is 0 Å². The summed E-state index contributed by atoms with van der Waals surface area (Å²) in [5.41, 5.74) is -1.26. The summed E-state index contributed by atoms with van der Waals surface area (Å²) in [5.74, 6) is -0.982. The van der Waals surface area contributed by atoms with E-state index >= 15 is 0 Å². The lowest BCUT2D eigenvalue weighted by molar-refractivity contribution is -0.137. The van der Waals surface area contributed by atoms with Gasteiger partial charge in [-0.1, -0.05) is 17.7 Å². The number of nitrogens with one attached hydrogen (secondary N) is 1. The molecular weight excluding hydrogens is 671 g/mol. The summed E-state index contributed by atoms with van der Waals surface area (Å²) >= 11 is 6.10. The number of nitrogens with zero attached hydrogens (tertiary/aromatic N) is 6. The van der Waals surface area contributed by atoms with Crippen molar-refractivity contribution in [3.8, 4) is 5.75 Å². The maximum absolute atomic E-state index is 14.3. The highest BCUT2D eigenvalue weighted by Gasteiger charge is 2.50. The van der Waals surface area contributed by atoms with E-state index in [1.165, 1.54) is 22.9 Å². The van der Waals surface area contributed by atoms with Crippen molar-refractivity contribution >= 4 is 40.5 Å². The molecule has 1 fully saturated rings. The Kier molecular flexibility index (Phi) is 8.19. The van der Waals surface area contributed by atoms with Gasteiger partial charge in [0.1, 0.15) is 17.9 Å². The Labute approximate surface area is 280 Å². The first-order valence-corrected chi connectivity index (χ1v) is 15.8. The van der Waals surface area contributed by atoms with Crippen molar-refractivity contribution < 1.29 is 37.3 Å². The number of benzene rings is 1. The molecule has 13 nitrogen and oxygen atoms in total. The first kappa shape index (κ1) is 32.7. The Morgan fingerprint density at radius 3 is 2.76 bits per heavy atom. The van der Waals surface area contributed by atoms with Gasteiger partial charge in [-0.05, 0) is 55.7 Å². The highest BCUT2D eigenvalue weighted by molar-refractivity contribution is 6.33. The molecule has 2 atom stereocenters. The van der Waals surface area contributed by atoms with Crippen molar-refractivity contribution in [1.82, 2.24) is 29.0 Å². The SMILES string of the molecule is C[C@H]1C[C@@]2(CCN1C(=O)c1ncccc1O)OCc1c2c(=O)n2nc(C3=CCOCC3)nc2n1CC(=O)Nc1ccc(C(F)(F)F)cc1Cl. The number of hydrogen-bond acceptors (Lipinski definition) is 9. The molecule has 3 aliphatic heterocycles. The van der Waals surface area contributed by atoms with Crippen LogP contribution in [0.2, 0.25) is 5.02 Å². The number of halogens is 4. The van der Waals surface area contributed by atoms with Crippen molar-refractivity contribution in [2.45, 2.75) is 57.2 Å². The highest BCUT2D eigenvalue weighted by Crippen LogP contribution is 2.45. The quantitative estimate of drug-likeness (QED) is 0.313. The average Bonchev–Trinajstić information content (AvgIpc) is 3.67. The van der Waals surface area contributed by atoms with E-state index in [2.05, 4.69) is 20.4 Å². The van der Waals surface area contributed by atoms with E-state index < -0.39 is 47.3 Å². The van der Waals surface area contributed by atoms with Crippen molar-refractivity contribution in [1.29, 1.82) is 0 Å². The van der Waals surface area contributed by atoms with Gasteiger partial charge in [0, 0.05) is 25.2 Å². The molecule has 3 aliphatic rings. The Morgan fingerprint density at radius 2 is 2.06 bits per heavy atom. The molecule has 4 aromatic rings. The maximum atomic E-state index is 14.3. The largest absolute Gasteiger partial charge is 0.505 e. The van der Waals surface area contributed by atoms with Crippen molar-refractivity contribution in [2.75, 3.05) is 25.1 Å². The van der Waals surface area contributed by atoms with Gasteiger partial charge in [0.25, 0.3) is 11.5 Å². The minimum atomic E-state index is -4.61. The summed E-state index contributed by atoms with van der Waals surface area (Å²) in [4.78, 5) is 51.3. The summed E-state index contributed by atoms with van der Waals surface area (Å²) in [6.07, 6.45) is -0.427. The molecule has 2 amide bonds. The molecule has 256 valence electrons. The predicted octanol–water partition coefficient (Wildman–Crippen LogP) is 4.16. The van der Waals surface area contributed by atoms with Crippen LogP contribution < -0.4 is 10.9 Å². The number of carbonyl (C=O) groups excluding carboxylic acids is 2. The number of rotatable bonds is 5. The number of aromatic nitrogens is 5. The van der Waals surface area contributed by atoms with Crippen LogP contribution in [0.4, 0.5) is 18.9 Å². The van der Waals surface area contributed by atoms with Crippen molar-refractivity contribution in [2.24, 2.45) is 0 Å². The second-order valence-corrected chi connectivity index (χ2v) is 12.5. The molecule has 6 heterocycles. The van der Waals surface area contributed by atoms with Gasteiger partial charge in [-0.3, -0.25) is 14.4 Å². The second-order valence-electron chi connectivity index (χ2n) is 12.1. The van der Waals surface area contributed by atoms with Gasteiger partial charge in [0.05, 0.1) is 47.4 Å².